The summed E-state index contributed by atoms with van der Waals surface area (Å²) in [5.41, 5.74) is 4.30. The second-order valence-electron chi connectivity index (χ2n) is 4.44. The molecule has 0 saturated heterocycles. The third-order valence-corrected chi connectivity index (χ3v) is 3.20. The molecule has 1 aromatic carbocycles. The van der Waals surface area contributed by atoms with Gasteiger partial charge in [-0.1, -0.05) is 13.0 Å². The van der Waals surface area contributed by atoms with Crippen molar-refractivity contribution in [3.8, 4) is 5.75 Å². The number of carbonyl (C=O) groups is 1. The van der Waals surface area contributed by atoms with Crippen LogP contribution in [0.4, 0.5) is 0 Å². The molecular formula is C14H20O3. The van der Waals surface area contributed by atoms with Gasteiger partial charge in [0, 0.05) is 0 Å². The molecule has 0 aliphatic rings. The maximum absolute atomic E-state index is 11.0. The Labute approximate surface area is 102 Å². The van der Waals surface area contributed by atoms with Gasteiger partial charge < -0.3 is 9.84 Å². The maximum Gasteiger partial charge on any atom is 0.344 e. The van der Waals surface area contributed by atoms with Crippen molar-refractivity contribution in [3.05, 3.63) is 28.3 Å². The Morgan fingerprint density at radius 2 is 1.71 bits per heavy atom. The predicted octanol–water partition coefficient (Wildman–Crippen LogP) is 3.16. The van der Waals surface area contributed by atoms with E-state index in [0.717, 1.165) is 28.0 Å². The number of aliphatic carboxylic acids is 1. The van der Waals surface area contributed by atoms with Gasteiger partial charge >= 0.3 is 5.97 Å². The second-order valence-corrected chi connectivity index (χ2v) is 4.44. The van der Waals surface area contributed by atoms with Crippen molar-refractivity contribution in [1.82, 2.24) is 0 Å². The lowest BCUT2D eigenvalue weighted by atomic mass is 10.00. The van der Waals surface area contributed by atoms with Crippen LogP contribution in [-0.4, -0.2) is 17.2 Å². The Balaban J connectivity index is 3.17. The molecular weight excluding hydrogens is 216 g/mol. The first-order chi connectivity index (χ1) is 7.88. The average Bonchev–Trinajstić information content (AvgIpc) is 2.26. The van der Waals surface area contributed by atoms with Gasteiger partial charge in [-0.3, -0.25) is 0 Å². The molecule has 3 nitrogen and oxygen atoms in total. The first kappa shape index (κ1) is 13.6. The standard InChI is InChI=1S/C14H20O3/c1-6-12(14(15)16)17-13-10(4)8(2)7-9(3)11(13)5/h7,12H,6H2,1-5H3,(H,15,16). The van der Waals surface area contributed by atoms with Gasteiger partial charge in [0.15, 0.2) is 6.10 Å². The molecule has 0 fully saturated rings. The molecule has 1 N–H and O–H groups in total. The summed E-state index contributed by atoms with van der Waals surface area (Å²) in [6.07, 6.45) is -0.310. The number of carboxylic acid groups (broad SMARTS) is 1. The van der Waals surface area contributed by atoms with Crippen molar-refractivity contribution < 1.29 is 14.6 Å². The van der Waals surface area contributed by atoms with E-state index in [9.17, 15) is 4.79 Å². The van der Waals surface area contributed by atoms with Crippen LogP contribution in [-0.2, 0) is 4.79 Å². The molecule has 1 rings (SSSR count). The van der Waals surface area contributed by atoms with Crippen molar-refractivity contribution in [2.24, 2.45) is 0 Å². The van der Waals surface area contributed by atoms with Crippen LogP contribution < -0.4 is 4.74 Å². The summed E-state index contributed by atoms with van der Waals surface area (Å²) in [5.74, 6) is -0.192. The SMILES string of the molecule is CCC(Oc1c(C)c(C)cc(C)c1C)C(=O)O. The molecule has 17 heavy (non-hydrogen) atoms. The van der Waals surface area contributed by atoms with E-state index in [1.54, 1.807) is 0 Å². The van der Waals surface area contributed by atoms with Crippen molar-refractivity contribution >= 4 is 5.97 Å². The highest BCUT2D eigenvalue weighted by Gasteiger charge is 2.20. The van der Waals surface area contributed by atoms with Crippen molar-refractivity contribution in [2.75, 3.05) is 0 Å². The summed E-state index contributed by atoms with van der Waals surface area (Å²) in [6.45, 7) is 9.76. The van der Waals surface area contributed by atoms with Crippen molar-refractivity contribution in [1.29, 1.82) is 0 Å². The van der Waals surface area contributed by atoms with Crippen LogP contribution in [0.5, 0.6) is 5.75 Å². The summed E-state index contributed by atoms with van der Waals surface area (Å²) in [4.78, 5) is 11.0. The number of hydrogen-bond acceptors (Lipinski definition) is 2. The van der Waals surface area contributed by atoms with Gasteiger partial charge in [-0.25, -0.2) is 4.79 Å². The number of benzene rings is 1. The van der Waals surface area contributed by atoms with E-state index in [1.807, 2.05) is 34.6 Å². The van der Waals surface area contributed by atoms with E-state index in [-0.39, 0.29) is 0 Å². The van der Waals surface area contributed by atoms with Crippen LogP contribution >= 0.6 is 0 Å². The molecule has 94 valence electrons. The van der Waals surface area contributed by atoms with Gasteiger partial charge in [-0.15, -0.1) is 0 Å². The van der Waals surface area contributed by atoms with Crippen LogP contribution in [0.2, 0.25) is 0 Å². The Kier molecular flexibility index (Phi) is 4.16. The maximum atomic E-state index is 11.0. The lowest BCUT2D eigenvalue weighted by molar-refractivity contribution is -0.145. The molecule has 1 atom stereocenters. The molecule has 0 bridgehead atoms. The smallest absolute Gasteiger partial charge is 0.344 e. The highest BCUT2D eigenvalue weighted by Crippen LogP contribution is 2.30. The highest BCUT2D eigenvalue weighted by molar-refractivity contribution is 5.73. The highest BCUT2D eigenvalue weighted by atomic mass is 16.5. The van der Waals surface area contributed by atoms with E-state index in [0.29, 0.717) is 6.42 Å². The third kappa shape index (κ3) is 2.78. The zero-order valence-electron chi connectivity index (χ0n) is 11.1. The molecule has 1 aromatic rings. The van der Waals surface area contributed by atoms with Crippen molar-refractivity contribution in [2.45, 2.75) is 47.1 Å². The molecule has 0 radical (unpaired) electrons. The fourth-order valence-electron chi connectivity index (χ4n) is 1.81. The van der Waals surface area contributed by atoms with Gasteiger partial charge in [0.2, 0.25) is 0 Å². The third-order valence-electron chi connectivity index (χ3n) is 3.20. The van der Waals surface area contributed by atoms with E-state index in [1.165, 1.54) is 0 Å². The summed E-state index contributed by atoms with van der Waals surface area (Å²) in [5, 5.41) is 9.03. The number of rotatable bonds is 4. The Morgan fingerprint density at radius 3 is 2.06 bits per heavy atom. The lowest BCUT2D eigenvalue weighted by Crippen LogP contribution is -2.26. The predicted molar refractivity (Wildman–Crippen MR) is 67.7 cm³/mol. The molecule has 0 amide bonds. The minimum atomic E-state index is -0.912. The number of hydrogen-bond donors (Lipinski definition) is 1. The molecule has 1 unspecified atom stereocenters. The van der Waals surface area contributed by atoms with Gasteiger partial charge in [-0.05, 0) is 56.4 Å². The van der Waals surface area contributed by atoms with Crippen LogP contribution in [0.15, 0.2) is 6.07 Å². The first-order valence-corrected chi connectivity index (χ1v) is 5.85. The average molecular weight is 236 g/mol. The molecule has 0 aromatic heterocycles. The summed E-state index contributed by atoms with van der Waals surface area (Å²) < 4.78 is 5.65. The fraction of sp³-hybridized carbons (Fsp3) is 0.500. The van der Waals surface area contributed by atoms with Crippen LogP contribution in [0.3, 0.4) is 0 Å². The van der Waals surface area contributed by atoms with Crippen LogP contribution in [0.25, 0.3) is 0 Å². The molecule has 0 spiro atoms. The first-order valence-electron chi connectivity index (χ1n) is 5.85. The molecule has 0 saturated carbocycles. The topological polar surface area (TPSA) is 46.5 Å². The molecule has 3 heteroatoms. The summed E-state index contributed by atoms with van der Waals surface area (Å²) >= 11 is 0. The molecule has 0 aliphatic carbocycles. The van der Waals surface area contributed by atoms with Crippen LogP contribution in [0, 0.1) is 27.7 Å². The number of carboxylic acids is 1. The van der Waals surface area contributed by atoms with Crippen molar-refractivity contribution in [3.63, 3.8) is 0 Å². The molecule has 0 heterocycles. The van der Waals surface area contributed by atoms with Crippen LogP contribution in [0.1, 0.15) is 35.6 Å². The summed E-state index contributed by atoms with van der Waals surface area (Å²) in [7, 11) is 0. The largest absolute Gasteiger partial charge is 0.479 e. The fourth-order valence-corrected chi connectivity index (χ4v) is 1.81. The molecule has 0 aliphatic heterocycles. The Bertz CT molecular complexity index is 409. The lowest BCUT2D eigenvalue weighted by Gasteiger charge is -2.19. The second kappa shape index (κ2) is 5.21. The van der Waals surface area contributed by atoms with Gasteiger partial charge in [0.1, 0.15) is 5.75 Å². The minimum absolute atomic E-state index is 0.460. The minimum Gasteiger partial charge on any atom is -0.479 e. The zero-order valence-corrected chi connectivity index (χ0v) is 11.1. The normalized spacial score (nSPS) is 12.3. The van der Waals surface area contributed by atoms with Gasteiger partial charge in [-0.2, -0.15) is 0 Å². The number of ether oxygens (including phenoxy) is 1. The zero-order chi connectivity index (χ0) is 13.2. The van der Waals surface area contributed by atoms with E-state index in [4.69, 9.17) is 9.84 Å². The van der Waals surface area contributed by atoms with E-state index < -0.39 is 12.1 Å². The van der Waals surface area contributed by atoms with E-state index in [2.05, 4.69) is 6.07 Å². The Morgan fingerprint density at radius 1 is 1.24 bits per heavy atom. The summed E-state index contributed by atoms with van der Waals surface area (Å²) in [6, 6.07) is 2.10. The Hall–Kier alpha value is -1.51. The number of aryl methyl sites for hydroxylation is 2. The monoisotopic (exact) mass is 236 g/mol. The van der Waals surface area contributed by atoms with Gasteiger partial charge in [0.05, 0.1) is 0 Å². The quantitative estimate of drug-likeness (QED) is 0.873. The van der Waals surface area contributed by atoms with E-state index >= 15 is 0 Å². The van der Waals surface area contributed by atoms with Gasteiger partial charge in [0.25, 0.3) is 0 Å².